The molecule has 0 aliphatic carbocycles. The van der Waals surface area contributed by atoms with Gasteiger partial charge in [-0.1, -0.05) is 38.4 Å². The van der Waals surface area contributed by atoms with Gasteiger partial charge in [0.15, 0.2) is 17.6 Å². The number of sulfonamides is 1. The van der Waals surface area contributed by atoms with E-state index in [1.54, 1.807) is 12.1 Å². The zero-order valence-electron chi connectivity index (χ0n) is 22.8. The molecule has 1 aromatic carbocycles. The van der Waals surface area contributed by atoms with Crippen molar-refractivity contribution < 1.29 is 27.1 Å². The van der Waals surface area contributed by atoms with E-state index in [1.807, 2.05) is 50.3 Å². The lowest BCUT2D eigenvalue weighted by Gasteiger charge is -2.47. The number of halogens is 2. The second-order valence-corrected chi connectivity index (χ2v) is 13.9. The van der Waals surface area contributed by atoms with Crippen LogP contribution in [0.4, 0.5) is 9.18 Å². The highest BCUT2D eigenvalue weighted by Crippen LogP contribution is 2.39. The molecule has 3 N–H and O–H groups in total. The van der Waals surface area contributed by atoms with Crippen LogP contribution in [0.3, 0.4) is 0 Å². The van der Waals surface area contributed by atoms with Crippen molar-refractivity contribution in [2.75, 3.05) is 12.8 Å². The Labute approximate surface area is 232 Å². The summed E-state index contributed by atoms with van der Waals surface area (Å²) in [5, 5.41) is 14.1. The minimum absolute atomic E-state index is 0.0298. The third kappa shape index (κ3) is 6.54. The van der Waals surface area contributed by atoms with Crippen LogP contribution in [0.25, 0.3) is 22.4 Å². The predicted octanol–water partition coefficient (Wildman–Crippen LogP) is 5.08. The molecule has 1 saturated heterocycles. The molecule has 4 rings (SSSR count). The number of hydrogen-bond donors (Lipinski definition) is 3. The summed E-state index contributed by atoms with van der Waals surface area (Å²) in [6, 6.07) is 7.05. The van der Waals surface area contributed by atoms with Crippen molar-refractivity contribution in [1.29, 1.82) is 0 Å². The maximum Gasteiger partial charge on any atom is 0.328 e. The number of piperidine rings is 1. The van der Waals surface area contributed by atoms with E-state index in [1.165, 1.54) is 12.1 Å². The second-order valence-electron chi connectivity index (χ2n) is 11.7. The zero-order valence-corrected chi connectivity index (χ0v) is 24.4. The van der Waals surface area contributed by atoms with Crippen molar-refractivity contribution in [2.24, 2.45) is 0 Å². The van der Waals surface area contributed by atoms with Gasteiger partial charge in [-0.15, -0.1) is 0 Å². The molecule has 0 bridgehead atoms. The van der Waals surface area contributed by atoms with E-state index in [0.29, 0.717) is 47.5 Å². The number of fused-ring (bicyclic) bond motifs is 1. The fourth-order valence-corrected chi connectivity index (χ4v) is 5.57. The van der Waals surface area contributed by atoms with Crippen molar-refractivity contribution in [3.63, 3.8) is 0 Å². The SMILES string of the molecule is CC(C)(C)c1cc(-c2ccc(Cl)c(F)c2)nc2cc(C(O)N3CCC(NC(=O)NS(C)(=O)=O)CC3(C)C)oc12. The summed E-state index contributed by atoms with van der Waals surface area (Å²) in [7, 11) is -3.67. The smallest absolute Gasteiger partial charge is 0.328 e. The quantitative estimate of drug-likeness (QED) is 0.384. The molecule has 39 heavy (non-hydrogen) atoms. The third-order valence-electron chi connectivity index (χ3n) is 6.93. The lowest BCUT2D eigenvalue weighted by molar-refractivity contribution is -0.0916. The van der Waals surface area contributed by atoms with Gasteiger partial charge in [0.25, 0.3) is 0 Å². The number of carbonyl (C=O) groups is 1. The van der Waals surface area contributed by atoms with Crippen LogP contribution < -0.4 is 10.0 Å². The Morgan fingerprint density at radius 1 is 1.28 bits per heavy atom. The van der Waals surface area contributed by atoms with E-state index in [4.69, 9.17) is 21.0 Å². The highest BCUT2D eigenvalue weighted by atomic mass is 35.5. The molecule has 0 radical (unpaired) electrons. The number of carbonyl (C=O) groups excluding carboxylic acids is 1. The first kappa shape index (κ1) is 29.3. The number of aliphatic hydroxyl groups excluding tert-OH is 1. The molecule has 2 atom stereocenters. The molecule has 0 spiro atoms. The van der Waals surface area contributed by atoms with E-state index < -0.39 is 33.6 Å². The molecule has 2 aromatic heterocycles. The summed E-state index contributed by atoms with van der Waals surface area (Å²) >= 11 is 5.87. The minimum atomic E-state index is -3.67. The molecule has 12 heteroatoms. The van der Waals surface area contributed by atoms with Crippen LogP contribution in [0.2, 0.25) is 5.02 Å². The maximum atomic E-state index is 14.2. The fourth-order valence-electron chi connectivity index (χ4n) is 5.06. The van der Waals surface area contributed by atoms with Gasteiger partial charge < -0.3 is 14.8 Å². The van der Waals surface area contributed by atoms with Crippen LogP contribution in [-0.2, 0) is 15.4 Å². The number of nitrogens with one attached hydrogen (secondary N) is 2. The molecule has 2 amide bonds. The number of hydrogen-bond acceptors (Lipinski definition) is 7. The topological polar surface area (TPSA) is 125 Å². The van der Waals surface area contributed by atoms with Gasteiger partial charge in [-0.05, 0) is 50.3 Å². The van der Waals surface area contributed by atoms with Crippen LogP contribution in [0.5, 0.6) is 0 Å². The number of urea groups is 1. The first-order valence-corrected chi connectivity index (χ1v) is 14.8. The van der Waals surface area contributed by atoms with E-state index in [2.05, 4.69) is 5.32 Å². The van der Waals surface area contributed by atoms with Crippen LogP contribution in [0.15, 0.2) is 34.7 Å². The first-order chi connectivity index (χ1) is 17.9. The van der Waals surface area contributed by atoms with Crippen LogP contribution in [0.1, 0.15) is 65.0 Å². The van der Waals surface area contributed by atoms with Gasteiger partial charge in [0.05, 0.1) is 17.0 Å². The number of benzene rings is 1. The monoisotopic (exact) mass is 580 g/mol. The Hall–Kier alpha value is -2.73. The average molecular weight is 581 g/mol. The Balaban J connectivity index is 1.63. The largest absolute Gasteiger partial charge is 0.455 e. The molecular formula is C27H34ClFN4O5S. The van der Waals surface area contributed by atoms with Crippen molar-refractivity contribution in [2.45, 2.75) is 70.7 Å². The Bertz CT molecular complexity index is 1520. The number of aliphatic hydroxyl groups is 1. The molecule has 1 fully saturated rings. The predicted molar refractivity (Wildman–Crippen MR) is 148 cm³/mol. The van der Waals surface area contributed by atoms with Crippen molar-refractivity contribution in [3.8, 4) is 11.3 Å². The number of nitrogens with zero attached hydrogens (tertiary/aromatic N) is 2. The number of pyridine rings is 1. The number of aromatic nitrogens is 1. The molecule has 3 aromatic rings. The highest BCUT2D eigenvalue weighted by Gasteiger charge is 2.40. The van der Waals surface area contributed by atoms with Crippen LogP contribution in [0, 0.1) is 5.82 Å². The summed E-state index contributed by atoms with van der Waals surface area (Å²) in [6.07, 6.45) is 0.790. The Morgan fingerprint density at radius 2 is 1.97 bits per heavy atom. The average Bonchev–Trinajstić information content (AvgIpc) is 3.21. The fraction of sp³-hybridized carbons (Fsp3) is 0.481. The Kier molecular flexibility index (Phi) is 7.76. The molecule has 212 valence electrons. The van der Waals surface area contributed by atoms with Gasteiger partial charge in [-0.25, -0.2) is 27.3 Å². The van der Waals surface area contributed by atoms with Gasteiger partial charge in [0, 0.05) is 35.3 Å². The summed E-state index contributed by atoms with van der Waals surface area (Å²) in [5.41, 5.74) is 2.17. The number of amides is 2. The summed E-state index contributed by atoms with van der Waals surface area (Å²) in [5.74, 6) is -0.220. The third-order valence-corrected chi connectivity index (χ3v) is 7.79. The molecule has 9 nitrogen and oxygen atoms in total. The first-order valence-electron chi connectivity index (χ1n) is 12.6. The van der Waals surface area contributed by atoms with Gasteiger partial charge in [0.2, 0.25) is 10.0 Å². The second kappa shape index (κ2) is 10.3. The highest BCUT2D eigenvalue weighted by molar-refractivity contribution is 7.89. The minimum Gasteiger partial charge on any atom is -0.455 e. The molecule has 2 unspecified atom stereocenters. The van der Waals surface area contributed by atoms with Gasteiger partial charge in [-0.3, -0.25) is 4.90 Å². The molecule has 1 aliphatic rings. The van der Waals surface area contributed by atoms with Gasteiger partial charge in [-0.2, -0.15) is 0 Å². The van der Waals surface area contributed by atoms with Crippen molar-refractivity contribution >= 4 is 38.8 Å². The van der Waals surface area contributed by atoms with E-state index in [0.717, 1.165) is 11.8 Å². The van der Waals surface area contributed by atoms with Crippen molar-refractivity contribution in [3.05, 3.63) is 52.5 Å². The summed E-state index contributed by atoms with van der Waals surface area (Å²) in [4.78, 5) is 18.6. The van der Waals surface area contributed by atoms with Crippen LogP contribution in [-0.4, -0.2) is 53.8 Å². The number of rotatable bonds is 5. The van der Waals surface area contributed by atoms with Crippen LogP contribution >= 0.6 is 11.6 Å². The van der Waals surface area contributed by atoms with Crippen molar-refractivity contribution in [1.82, 2.24) is 19.9 Å². The lowest BCUT2D eigenvalue weighted by atomic mass is 9.86. The zero-order chi connectivity index (χ0) is 28.9. The van der Waals surface area contributed by atoms with E-state index in [9.17, 15) is 22.7 Å². The van der Waals surface area contributed by atoms with E-state index >= 15 is 0 Å². The van der Waals surface area contributed by atoms with E-state index in [-0.39, 0.29) is 16.5 Å². The van der Waals surface area contributed by atoms with Gasteiger partial charge >= 0.3 is 6.03 Å². The molecular weight excluding hydrogens is 547 g/mol. The normalized spacial score (nSPS) is 19.2. The van der Waals surface area contributed by atoms with Gasteiger partial charge in [0.1, 0.15) is 11.3 Å². The maximum absolute atomic E-state index is 14.2. The standard InChI is InChI=1S/C27H34ClFN4O5S/c1-26(2,3)17-12-20(15-7-8-18(28)19(29)11-15)31-21-13-22(38-23(17)21)24(34)33-10-9-16(14-27(33,4)5)30-25(35)32-39(6,36)37/h7-8,11-13,16,24,34H,9-10,14H2,1-6H3,(H2,30,32,35). The lowest BCUT2D eigenvalue weighted by Crippen LogP contribution is -2.57. The summed E-state index contributed by atoms with van der Waals surface area (Å²) < 4.78 is 45.0. The number of furan rings is 1. The molecule has 0 saturated carbocycles. The summed E-state index contributed by atoms with van der Waals surface area (Å²) in [6.45, 7) is 10.4. The Morgan fingerprint density at radius 3 is 2.56 bits per heavy atom. The molecule has 3 heterocycles. The number of likely N-dealkylation sites (tertiary alicyclic amines) is 1. The molecule has 1 aliphatic heterocycles.